The van der Waals surface area contributed by atoms with E-state index in [1.807, 2.05) is 24.3 Å². The normalized spacial score (nSPS) is 12.3. The predicted molar refractivity (Wildman–Crippen MR) is 71.2 cm³/mol. The van der Waals surface area contributed by atoms with Gasteiger partial charge < -0.3 is 0 Å². The smallest absolute Gasteiger partial charge is 0.128 e. The zero-order chi connectivity index (χ0) is 12.8. The van der Waals surface area contributed by atoms with Gasteiger partial charge in [-0.15, -0.1) is 0 Å². The van der Waals surface area contributed by atoms with Crippen molar-refractivity contribution in [2.75, 3.05) is 0 Å². The molecule has 2 aromatic carbocycles. The molecule has 1 atom stereocenters. The second-order valence-electron chi connectivity index (χ2n) is 4.27. The number of nitrogens with two attached hydrogens (primary N) is 1. The molecule has 0 radical (unpaired) electrons. The van der Waals surface area contributed by atoms with Crippen LogP contribution in [-0.4, -0.2) is 0 Å². The van der Waals surface area contributed by atoms with Gasteiger partial charge in [0.25, 0.3) is 0 Å². The molecule has 0 saturated carbocycles. The third-order valence-corrected chi connectivity index (χ3v) is 3.05. The van der Waals surface area contributed by atoms with Gasteiger partial charge in [0.2, 0.25) is 0 Å². The first-order valence-electron chi connectivity index (χ1n) is 6.05. The van der Waals surface area contributed by atoms with Gasteiger partial charge in [-0.25, -0.2) is 4.39 Å². The standard InChI is InChI=1S/C15H17FN2/c16-14-9-5-4-8-13(14)15(18-17)11-10-12-6-2-1-3-7-12/h1-9,15,18H,10-11,17H2. The molecular formula is C15H17FN2. The number of rotatable bonds is 5. The third kappa shape index (κ3) is 3.15. The van der Waals surface area contributed by atoms with Crippen LogP contribution < -0.4 is 11.3 Å². The van der Waals surface area contributed by atoms with Gasteiger partial charge in [-0.05, 0) is 24.5 Å². The molecule has 2 rings (SSSR count). The van der Waals surface area contributed by atoms with E-state index in [4.69, 9.17) is 5.84 Å². The molecule has 94 valence electrons. The van der Waals surface area contributed by atoms with Crippen molar-refractivity contribution in [1.82, 2.24) is 5.43 Å². The molecule has 18 heavy (non-hydrogen) atoms. The number of benzene rings is 2. The van der Waals surface area contributed by atoms with E-state index in [2.05, 4.69) is 17.6 Å². The summed E-state index contributed by atoms with van der Waals surface area (Å²) in [6, 6.07) is 16.7. The van der Waals surface area contributed by atoms with Crippen molar-refractivity contribution < 1.29 is 4.39 Å². The molecule has 0 heterocycles. The Bertz CT molecular complexity index is 485. The molecule has 2 nitrogen and oxygen atoms in total. The van der Waals surface area contributed by atoms with E-state index in [9.17, 15) is 4.39 Å². The molecule has 0 aliphatic carbocycles. The van der Waals surface area contributed by atoms with E-state index < -0.39 is 0 Å². The Balaban J connectivity index is 2.04. The number of nitrogens with one attached hydrogen (secondary N) is 1. The zero-order valence-electron chi connectivity index (χ0n) is 10.1. The molecule has 2 aromatic rings. The summed E-state index contributed by atoms with van der Waals surface area (Å²) in [6.07, 6.45) is 1.63. The molecule has 0 fully saturated rings. The Hall–Kier alpha value is -1.71. The second kappa shape index (κ2) is 6.28. The van der Waals surface area contributed by atoms with Gasteiger partial charge in [0.05, 0.1) is 0 Å². The fourth-order valence-corrected chi connectivity index (χ4v) is 2.04. The minimum Gasteiger partial charge on any atom is -0.271 e. The molecule has 0 amide bonds. The summed E-state index contributed by atoms with van der Waals surface area (Å²) in [5, 5.41) is 0. The van der Waals surface area contributed by atoms with E-state index >= 15 is 0 Å². The first kappa shape index (κ1) is 12.7. The van der Waals surface area contributed by atoms with Crippen LogP contribution in [0.4, 0.5) is 4.39 Å². The summed E-state index contributed by atoms with van der Waals surface area (Å²) >= 11 is 0. The average Bonchev–Trinajstić information content (AvgIpc) is 2.42. The minimum atomic E-state index is -0.214. The number of halogens is 1. The lowest BCUT2D eigenvalue weighted by Crippen LogP contribution is -2.29. The molecule has 1 unspecified atom stereocenters. The van der Waals surface area contributed by atoms with Crippen molar-refractivity contribution >= 4 is 0 Å². The molecule has 3 heteroatoms. The Labute approximate surface area is 107 Å². The molecule has 0 saturated heterocycles. The molecule has 0 spiro atoms. The number of hydrogen-bond donors (Lipinski definition) is 2. The van der Waals surface area contributed by atoms with Crippen molar-refractivity contribution in [3.05, 3.63) is 71.5 Å². The maximum atomic E-state index is 13.7. The maximum Gasteiger partial charge on any atom is 0.128 e. The highest BCUT2D eigenvalue weighted by Gasteiger charge is 2.13. The molecule has 0 aliphatic heterocycles. The van der Waals surface area contributed by atoms with Gasteiger partial charge in [0.15, 0.2) is 0 Å². The van der Waals surface area contributed by atoms with Crippen LogP contribution in [0.15, 0.2) is 54.6 Å². The van der Waals surface area contributed by atoms with Crippen LogP contribution in [0.2, 0.25) is 0 Å². The van der Waals surface area contributed by atoms with E-state index in [1.54, 1.807) is 12.1 Å². The first-order valence-corrected chi connectivity index (χ1v) is 6.05. The minimum absolute atomic E-state index is 0.161. The van der Waals surface area contributed by atoms with Gasteiger partial charge >= 0.3 is 0 Å². The molecule has 0 aromatic heterocycles. The van der Waals surface area contributed by atoms with Crippen LogP contribution in [0.5, 0.6) is 0 Å². The lowest BCUT2D eigenvalue weighted by molar-refractivity contribution is 0.485. The van der Waals surface area contributed by atoms with Gasteiger partial charge in [-0.2, -0.15) is 0 Å². The molecule has 3 N–H and O–H groups in total. The number of hydrazine groups is 1. The van der Waals surface area contributed by atoms with Crippen molar-refractivity contribution in [2.45, 2.75) is 18.9 Å². The second-order valence-corrected chi connectivity index (χ2v) is 4.27. The predicted octanol–water partition coefficient (Wildman–Crippen LogP) is 2.96. The van der Waals surface area contributed by atoms with Gasteiger partial charge in [0.1, 0.15) is 5.82 Å². The fraction of sp³-hybridized carbons (Fsp3) is 0.200. The highest BCUT2D eigenvalue weighted by atomic mass is 19.1. The number of aryl methyl sites for hydroxylation is 1. The van der Waals surface area contributed by atoms with E-state index in [1.165, 1.54) is 11.6 Å². The van der Waals surface area contributed by atoms with Crippen LogP contribution in [0, 0.1) is 5.82 Å². The van der Waals surface area contributed by atoms with E-state index in [0.29, 0.717) is 5.56 Å². The monoisotopic (exact) mass is 244 g/mol. The SMILES string of the molecule is NNC(CCc1ccccc1)c1ccccc1F. The zero-order valence-corrected chi connectivity index (χ0v) is 10.1. The lowest BCUT2D eigenvalue weighted by Gasteiger charge is -2.16. The summed E-state index contributed by atoms with van der Waals surface area (Å²) in [5.74, 6) is 5.31. The molecule has 0 bridgehead atoms. The van der Waals surface area contributed by atoms with Crippen LogP contribution in [0.25, 0.3) is 0 Å². The van der Waals surface area contributed by atoms with Crippen molar-refractivity contribution in [1.29, 1.82) is 0 Å². The van der Waals surface area contributed by atoms with Crippen molar-refractivity contribution in [3.8, 4) is 0 Å². The van der Waals surface area contributed by atoms with E-state index in [0.717, 1.165) is 12.8 Å². The quantitative estimate of drug-likeness (QED) is 0.627. The van der Waals surface area contributed by atoms with Crippen LogP contribution >= 0.6 is 0 Å². The van der Waals surface area contributed by atoms with Crippen molar-refractivity contribution in [3.63, 3.8) is 0 Å². The van der Waals surface area contributed by atoms with E-state index in [-0.39, 0.29) is 11.9 Å². The lowest BCUT2D eigenvalue weighted by atomic mass is 9.99. The Morgan fingerprint density at radius 3 is 2.33 bits per heavy atom. The van der Waals surface area contributed by atoms with Crippen LogP contribution in [0.3, 0.4) is 0 Å². The van der Waals surface area contributed by atoms with Crippen LogP contribution in [0.1, 0.15) is 23.6 Å². The van der Waals surface area contributed by atoms with Gasteiger partial charge in [0, 0.05) is 11.6 Å². The summed E-state index contributed by atoms with van der Waals surface area (Å²) in [7, 11) is 0. The highest BCUT2D eigenvalue weighted by Crippen LogP contribution is 2.21. The van der Waals surface area contributed by atoms with Gasteiger partial charge in [-0.1, -0.05) is 48.5 Å². The first-order chi connectivity index (χ1) is 8.81. The van der Waals surface area contributed by atoms with Gasteiger partial charge in [-0.3, -0.25) is 11.3 Å². The maximum absolute atomic E-state index is 13.7. The summed E-state index contributed by atoms with van der Waals surface area (Å²) in [5.41, 5.74) is 4.54. The summed E-state index contributed by atoms with van der Waals surface area (Å²) in [6.45, 7) is 0. The average molecular weight is 244 g/mol. The van der Waals surface area contributed by atoms with Crippen LogP contribution in [-0.2, 0) is 6.42 Å². The fourth-order valence-electron chi connectivity index (χ4n) is 2.04. The summed E-state index contributed by atoms with van der Waals surface area (Å²) in [4.78, 5) is 0. The Morgan fingerprint density at radius 2 is 1.67 bits per heavy atom. The third-order valence-electron chi connectivity index (χ3n) is 3.05. The molecule has 0 aliphatic rings. The largest absolute Gasteiger partial charge is 0.271 e. The highest BCUT2D eigenvalue weighted by molar-refractivity contribution is 5.22. The summed E-state index contributed by atoms with van der Waals surface area (Å²) < 4.78 is 13.7. The number of hydrogen-bond acceptors (Lipinski definition) is 2. The Kier molecular flexibility index (Phi) is 4.45. The van der Waals surface area contributed by atoms with Crippen molar-refractivity contribution in [2.24, 2.45) is 5.84 Å². The molecular weight excluding hydrogens is 227 g/mol. The Morgan fingerprint density at radius 1 is 1.00 bits per heavy atom. The topological polar surface area (TPSA) is 38.0 Å².